The van der Waals surface area contributed by atoms with Crippen LogP contribution in [0, 0.1) is 12.7 Å². The Hall–Kier alpha value is -0.930. The van der Waals surface area contributed by atoms with Crippen molar-refractivity contribution in [3.63, 3.8) is 0 Å². The van der Waals surface area contributed by atoms with Crippen LogP contribution < -0.4 is 5.73 Å². The van der Waals surface area contributed by atoms with Crippen molar-refractivity contribution in [3.05, 3.63) is 35.1 Å². The summed E-state index contributed by atoms with van der Waals surface area (Å²) < 4.78 is 18.5. The van der Waals surface area contributed by atoms with Gasteiger partial charge in [-0.15, -0.1) is 0 Å². The van der Waals surface area contributed by atoms with Crippen LogP contribution in [0.4, 0.5) is 4.39 Å². The molecule has 0 aliphatic carbocycles. The fraction of sp³-hybridized carbons (Fsp3) is 0.538. The van der Waals surface area contributed by atoms with Crippen LogP contribution in [0.15, 0.2) is 18.2 Å². The number of aryl methyl sites for hydroxylation is 1. The highest BCUT2D eigenvalue weighted by atomic mass is 19.1. The first-order valence-electron chi connectivity index (χ1n) is 5.59. The molecule has 0 saturated carbocycles. The molecule has 2 nitrogen and oxygen atoms in total. The van der Waals surface area contributed by atoms with Gasteiger partial charge in [0, 0.05) is 13.2 Å². The number of hydrogen-bond donors (Lipinski definition) is 1. The Kier molecular flexibility index (Phi) is 4.90. The minimum atomic E-state index is -0.187. The molecule has 90 valence electrons. The third-order valence-corrected chi connectivity index (χ3v) is 2.91. The Bertz CT molecular complexity index is 341. The summed E-state index contributed by atoms with van der Waals surface area (Å²) in [5.74, 6) is -0.187. The smallest absolute Gasteiger partial charge is 0.126 e. The molecule has 1 rings (SSSR count). The monoisotopic (exact) mass is 225 g/mol. The van der Waals surface area contributed by atoms with Gasteiger partial charge in [0.1, 0.15) is 5.82 Å². The van der Waals surface area contributed by atoms with E-state index in [0.717, 1.165) is 18.4 Å². The molecule has 2 atom stereocenters. The average molecular weight is 225 g/mol. The second-order valence-corrected chi connectivity index (χ2v) is 4.24. The zero-order chi connectivity index (χ0) is 12.1. The molecule has 0 aliphatic heterocycles. The van der Waals surface area contributed by atoms with Crippen LogP contribution in [-0.4, -0.2) is 13.2 Å². The lowest BCUT2D eigenvalue weighted by Gasteiger charge is -2.15. The zero-order valence-corrected chi connectivity index (χ0v) is 10.2. The van der Waals surface area contributed by atoms with E-state index in [-0.39, 0.29) is 18.0 Å². The molecular weight excluding hydrogens is 205 g/mol. The molecule has 1 aromatic carbocycles. The van der Waals surface area contributed by atoms with Crippen molar-refractivity contribution >= 4 is 0 Å². The summed E-state index contributed by atoms with van der Waals surface area (Å²) in [6, 6.07) is 5.06. The number of halogens is 1. The highest BCUT2D eigenvalue weighted by Gasteiger charge is 2.10. The molecule has 0 radical (unpaired) electrons. The average Bonchev–Trinajstić information content (AvgIpc) is 2.29. The molecule has 2 N–H and O–H groups in total. The van der Waals surface area contributed by atoms with Crippen molar-refractivity contribution in [2.45, 2.75) is 38.8 Å². The highest BCUT2D eigenvalue weighted by molar-refractivity contribution is 5.25. The quantitative estimate of drug-likeness (QED) is 0.836. The van der Waals surface area contributed by atoms with Crippen LogP contribution in [0.25, 0.3) is 0 Å². The number of hydrogen-bond acceptors (Lipinski definition) is 2. The summed E-state index contributed by atoms with van der Waals surface area (Å²) in [7, 11) is 1.68. The van der Waals surface area contributed by atoms with E-state index in [1.54, 1.807) is 20.1 Å². The number of benzene rings is 1. The molecule has 1 aromatic rings. The Labute approximate surface area is 96.6 Å². The van der Waals surface area contributed by atoms with E-state index in [2.05, 4.69) is 0 Å². The molecule has 0 amide bonds. The Morgan fingerprint density at radius 2 is 2.06 bits per heavy atom. The topological polar surface area (TPSA) is 35.2 Å². The van der Waals surface area contributed by atoms with Gasteiger partial charge < -0.3 is 10.5 Å². The van der Waals surface area contributed by atoms with Crippen LogP contribution in [-0.2, 0) is 4.74 Å². The van der Waals surface area contributed by atoms with E-state index in [1.165, 1.54) is 6.07 Å². The van der Waals surface area contributed by atoms with Gasteiger partial charge in [-0.3, -0.25) is 0 Å². The normalized spacial score (nSPS) is 14.8. The van der Waals surface area contributed by atoms with Crippen molar-refractivity contribution in [2.24, 2.45) is 5.73 Å². The van der Waals surface area contributed by atoms with Gasteiger partial charge in [-0.05, 0) is 43.9 Å². The largest absolute Gasteiger partial charge is 0.382 e. The summed E-state index contributed by atoms with van der Waals surface area (Å²) in [4.78, 5) is 0. The molecule has 3 heteroatoms. The van der Waals surface area contributed by atoms with Crippen LogP contribution in [0.5, 0.6) is 0 Å². The van der Waals surface area contributed by atoms with E-state index in [4.69, 9.17) is 10.5 Å². The second kappa shape index (κ2) is 5.97. The van der Waals surface area contributed by atoms with E-state index in [1.807, 2.05) is 13.0 Å². The van der Waals surface area contributed by atoms with Crippen LogP contribution in [0.2, 0.25) is 0 Å². The van der Waals surface area contributed by atoms with Gasteiger partial charge in [0.15, 0.2) is 0 Å². The summed E-state index contributed by atoms with van der Waals surface area (Å²) in [5.41, 5.74) is 7.50. The molecule has 0 bridgehead atoms. The lowest BCUT2D eigenvalue weighted by molar-refractivity contribution is 0.107. The summed E-state index contributed by atoms with van der Waals surface area (Å²) in [5, 5.41) is 0. The Balaban J connectivity index is 2.59. The molecule has 0 aliphatic rings. The maximum absolute atomic E-state index is 13.3. The standard InChI is InChI=1S/C13H20FNO/c1-9-4-6-11(8-12(9)14)13(15)7-5-10(2)16-3/h4,6,8,10,13H,5,7,15H2,1-3H3. The van der Waals surface area contributed by atoms with Crippen molar-refractivity contribution in [2.75, 3.05) is 7.11 Å². The van der Waals surface area contributed by atoms with E-state index in [0.29, 0.717) is 5.56 Å². The predicted molar refractivity (Wildman–Crippen MR) is 63.8 cm³/mol. The van der Waals surface area contributed by atoms with Crippen molar-refractivity contribution in [1.82, 2.24) is 0 Å². The van der Waals surface area contributed by atoms with Gasteiger partial charge in [-0.25, -0.2) is 4.39 Å². The van der Waals surface area contributed by atoms with E-state index in [9.17, 15) is 4.39 Å². The van der Waals surface area contributed by atoms with Crippen molar-refractivity contribution < 1.29 is 9.13 Å². The summed E-state index contributed by atoms with van der Waals surface area (Å²) in [6.07, 6.45) is 1.88. The molecule has 0 saturated heterocycles. The first-order chi connectivity index (χ1) is 7.54. The SMILES string of the molecule is COC(C)CCC(N)c1ccc(C)c(F)c1. The maximum Gasteiger partial charge on any atom is 0.126 e. The van der Waals surface area contributed by atoms with Gasteiger partial charge in [-0.2, -0.15) is 0 Å². The van der Waals surface area contributed by atoms with Crippen LogP contribution >= 0.6 is 0 Å². The Morgan fingerprint density at radius 3 is 2.62 bits per heavy atom. The maximum atomic E-state index is 13.3. The number of ether oxygens (including phenoxy) is 1. The van der Waals surface area contributed by atoms with Gasteiger partial charge in [0.05, 0.1) is 6.10 Å². The van der Waals surface area contributed by atoms with Crippen molar-refractivity contribution in [3.8, 4) is 0 Å². The first kappa shape index (κ1) is 13.1. The van der Waals surface area contributed by atoms with Crippen molar-refractivity contribution in [1.29, 1.82) is 0 Å². The highest BCUT2D eigenvalue weighted by Crippen LogP contribution is 2.19. The molecule has 0 aromatic heterocycles. The zero-order valence-electron chi connectivity index (χ0n) is 10.2. The molecule has 0 heterocycles. The second-order valence-electron chi connectivity index (χ2n) is 4.24. The fourth-order valence-corrected chi connectivity index (χ4v) is 1.54. The van der Waals surface area contributed by atoms with E-state index < -0.39 is 0 Å². The lowest BCUT2D eigenvalue weighted by atomic mass is 10.00. The molecule has 0 fully saturated rings. The third-order valence-electron chi connectivity index (χ3n) is 2.91. The van der Waals surface area contributed by atoms with Gasteiger partial charge in [-0.1, -0.05) is 12.1 Å². The first-order valence-corrected chi connectivity index (χ1v) is 5.59. The van der Waals surface area contributed by atoms with Gasteiger partial charge in [0.2, 0.25) is 0 Å². The minimum Gasteiger partial charge on any atom is -0.382 e. The summed E-state index contributed by atoms with van der Waals surface area (Å²) >= 11 is 0. The van der Waals surface area contributed by atoms with E-state index >= 15 is 0 Å². The van der Waals surface area contributed by atoms with Gasteiger partial charge >= 0.3 is 0 Å². The molecule has 16 heavy (non-hydrogen) atoms. The minimum absolute atomic E-state index is 0.118. The predicted octanol–water partition coefficient (Wildman–Crippen LogP) is 2.95. The number of nitrogens with two attached hydrogens (primary N) is 1. The number of rotatable bonds is 5. The molecule has 2 unspecified atom stereocenters. The van der Waals surface area contributed by atoms with Crippen LogP contribution in [0.3, 0.4) is 0 Å². The summed E-state index contributed by atoms with van der Waals surface area (Å²) in [6.45, 7) is 3.75. The lowest BCUT2D eigenvalue weighted by Crippen LogP contribution is -2.14. The molecule has 0 spiro atoms. The Morgan fingerprint density at radius 1 is 1.38 bits per heavy atom. The fourth-order valence-electron chi connectivity index (χ4n) is 1.54. The van der Waals surface area contributed by atoms with Crippen LogP contribution in [0.1, 0.15) is 36.9 Å². The third kappa shape index (κ3) is 3.58. The van der Waals surface area contributed by atoms with Gasteiger partial charge in [0.25, 0.3) is 0 Å². The molecular formula is C13H20FNO. The number of methoxy groups -OCH3 is 1.